The van der Waals surface area contributed by atoms with E-state index in [1.165, 1.54) is 32.7 Å². The second-order valence-corrected chi connectivity index (χ2v) is 15.6. The maximum absolute atomic E-state index is 5.74. The molecule has 308 valence electrons. The molecule has 0 aromatic heterocycles. The fourth-order valence-electron chi connectivity index (χ4n) is 8.14. The molecule has 0 saturated carbocycles. The van der Waals surface area contributed by atoms with Crippen LogP contribution in [0.5, 0.6) is 0 Å². The lowest BCUT2D eigenvalue weighted by Crippen LogP contribution is -2.16. The predicted octanol–water partition coefficient (Wildman–Crippen LogP) is 16.0. The van der Waals surface area contributed by atoms with E-state index < -0.39 is 0 Å². The van der Waals surface area contributed by atoms with E-state index in [1.807, 2.05) is 32.1 Å². The molecule has 1 aliphatic rings. The summed E-state index contributed by atoms with van der Waals surface area (Å²) < 4.78 is 5.74. The summed E-state index contributed by atoms with van der Waals surface area (Å²) in [5, 5.41) is 4.81. The van der Waals surface area contributed by atoms with E-state index in [1.54, 1.807) is 7.11 Å². The van der Waals surface area contributed by atoms with E-state index >= 15 is 0 Å². The Morgan fingerprint density at radius 3 is 2.19 bits per heavy atom. The molecule has 7 aromatic rings. The molecule has 3 heteroatoms. The fraction of sp³-hybridized carbons (Fsp3) is 0.100. The Bertz CT molecular complexity index is 3040. The fourth-order valence-corrected chi connectivity index (χ4v) is 8.14. The van der Waals surface area contributed by atoms with Gasteiger partial charge in [-0.1, -0.05) is 158 Å². The third-order valence-corrected chi connectivity index (χ3v) is 11.3. The van der Waals surface area contributed by atoms with Gasteiger partial charge in [0.05, 0.1) is 12.8 Å². The number of aliphatic imine (C=N–C) groups is 1. The van der Waals surface area contributed by atoms with E-state index in [4.69, 9.17) is 9.73 Å². The van der Waals surface area contributed by atoms with Crippen LogP contribution in [0.4, 0.5) is 11.4 Å². The lowest BCUT2D eigenvalue weighted by atomic mass is 9.97. The molecule has 0 heterocycles. The van der Waals surface area contributed by atoms with E-state index in [-0.39, 0.29) is 0 Å². The van der Waals surface area contributed by atoms with Gasteiger partial charge in [0.25, 0.3) is 0 Å². The molecule has 1 aliphatic carbocycles. The van der Waals surface area contributed by atoms with Gasteiger partial charge in [0, 0.05) is 33.8 Å². The van der Waals surface area contributed by atoms with Gasteiger partial charge in [0.15, 0.2) is 0 Å². The summed E-state index contributed by atoms with van der Waals surface area (Å²) in [4.78, 5) is 7.21. The zero-order valence-corrected chi connectivity index (χ0v) is 36.3. The molecule has 0 aliphatic heterocycles. The molecule has 8 rings (SSSR count). The highest BCUT2D eigenvalue weighted by Gasteiger charge is 2.19. The second-order valence-electron chi connectivity index (χ2n) is 15.6. The lowest BCUT2D eigenvalue weighted by Gasteiger charge is -2.29. The molecule has 0 fully saturated rings. The van der Waals surface area contributed by atoms with Crippen molar-refractivity contribution in [2.75, 3.05) is 12.0 Å². The highest BCUT2D eigenvalue weighted by molar-refractivity contribution is 5.99. The number of rotatable bonds is 14. The number of aryl methyl sites for hydroxylation is 1. The number of allylic oxidation sites excluding steroid dienone is 11. The quantitative estimate of drug-likeness (QED) is 0.0359. The normalized spacial score (nSPS) is 13.3. The van der Waals surface area contributed by atoms with Crippen LogP contribution < -0.4 is 4.90 Å². The van der Waals surface area contributed by atoms with Crippen molar-refractivity contribution in [3.05, 3.63) is 258 Å². The Hall–Kier alpha value is -7.71. The van der Waals surface area contributed by atoms with Crippen molar-refractivity contribution in [3.8, 4) is 11.1 Å². The summed E-state index contributed by atoms with van der Waals surface area (Å²) in [7, 11) is 1.69. The maximum atomic E-state index is 5.74. The summed E-state index contributed by atoms with van der Waals surface area (Å²) >= 11 is 0. The zero-order chi connectivity index (χ0) is 43.4. The first-order chi connectivity index (χ1) is 31.0. The average molecular weight is 817 g/mol. The molecule has 7 aromatic carbocycles. The molecule has 63 heavy (non-hydrogen) atoms. The smallest absolute Gasteiger partial charge is 0.220 e. The van der Waals surface area contributed by atoms with Crippen LogP contribution >= 0.6 is 0 Å². The monoisotopic (exact) mass is 816 g/mol. The lowest BCUT2D eigenvalue weighted by molar-refractivity contribution is 0.404. The number of hydrogen-bond acceptors (Lipinski definition) is 3. The molecule has 0 N–H and O–H groups in total. The average Bonchev–Trinajstić information content (AvgIpc) is 3.58. The van der Waals surface area contributed by atoms with Crippen molar-refractivity contribution in [2.45, 2.75) is 33.1 Å². The van der Waals surface area contributed by atoms with Gasteiger partial charge in [-0.3, -0.25) is 0 Å². The number of nitrogens with zero attached hydrogens (tertiary/aromatic N) is 2. The van der Waals surface area contributed by atoms with E-state index in [2.05, 4.69) is 211 Å². The third-order valence-electron chi connectivity index (χ3n) is 11.3. The Kier molecular flexibility index (Phi) is 13.5. The molecule has 0 unspecified atom stereocenters. The molecule has 0 saturated heterocycles. The SMILES string of the molecule is C=C/C=C(\C=C/C)c1ccc(N(C2=CC=C=C(c3ccc4ccccc4c3)C=C2)c2ccccc2-c2cccc(CCC/C=C(\C)N=C(OC)c3ccc4ccccc4c3)c2)cc1. The van der Waals surface area contributed by atoms with Crippen LogP contribution in [0.1, 0.15) is 48.9 Å². The molecular formula is C60H52N2O. The summed E-state index contributed by atoms with van der Waals surface area (Å²) in [5.41, 5.74) is 16.7. The summed E-state index contributed by atoms with van der Waals surface area (Å²) in [6, 6.07) is 56.3. The Labute approximate surface area is 372 Å². The zero-order valence-electron chi connectivity index (χ0n) is 36.3. The highest BCUT2D eigenvalue weighted by atomic mass is 16.5. The van der Waals surface area contributed by atoms with Gasteiger partial charge in [0.1, 0.15) is 0 Å². The van der Waals surface area contributed by atoms with Gasteiger partial charge in [-0.2, -0.15) is 0 Å². The van der Waals surface area contributed by atoms with Crippen LogP contribution in [-0.2, 0) is 11.2 Å². The predicted molar refractivity (Wildman–Crippen MR) is 270 cm³/mol. The highest BCUT2D eigenvalue weighted by Crippen LogP contribution is 2.40. The molecule has 0 atom stereocenters. The first kappa shape index (κ1) is 42.0. The number of benzene rings is 7. The van der Waals surface area contributed by atoms with Crippen LogP contribution in [0.25, 0.3) is 43.8 Å². The van der Waals surface area contributed by atoms with Crippen LogP contribution in [0.3, 0.4) is 0 Å². The summed E-state index contributed by atoms with van der Waals surface area (Å²) in [5.74, 6) is 0.626. The minimum absolute atomic E-state index is 0.626. The Morgan fingerprint density at radius 2 is 1.43 bits per heavy atom. The summed E-state index contributed by atoms with van der Waals surface area (Å²) in [6.07, 6.45) is 21.7. The first-order valence-electron chi connectivity index (χ1n) is 21.7. The minimum atomic E-state index is 0.626. The second kappa shape index (κ2) is 20.2. The molecule has 3 nitrogen and oxygen atoms in total. The summed E-state index contributed by atoms with van der Waals surface area (Å²) in [6.45, 7) is 8.04. The minimum Gasteiger partial charge on any atom is -0.481 e. The maximum Gasteiger partial charge on any atom is 0.220 e. The van der Waals surface area contributed by atoms with Gasteiger partial charge in [-0.15, -0.1) is 5.73 Å². The van der Waals surface area contributed by atoms with Crippen LogP contribution in [0.2, 0.25) is 0 Å². The van der Waals surface area contributed by atoms with E-state index in [0.29, 0.717) is 5.90 Å². The van der Waals surface area contributed by atoms with Gasteiger partial charge in [0.2, 0.25) is 5.90 Å². The van der Waals surface area contributed by atoms with Crippen molar-refractivity contribution in [2.24, 2.45) is 4.99 Å². The molecule has 0 spiro atoms. The van der Waals surface area contributed by atoms with Crippen LogP contribution in [-0.4, -0.2) is 13.0 Å². The Morgan fingerprint density at radius 1 is 0.714 bits per heavy atom. The van der Waals surface area contributed by atoms with Crippen molar-refractivity contribution in [1.29, 1.82) is 0 Å². The number of fused-ring (bicyclic) bond motifs is 2. The molecule has 0 bridgehead atoms. The topological polar surface area (TPSA) is 24.8 Å². The number of para-hydroxylation sites is 1. The largest absolute Gasteiger partial charge is 0.481 e. The number of ether oxygens (including phenoxy) is 1. The number of anilines is 2. The third kappa shape index (κ3) is 10.1. The number of unbranched alkanes of at least 4 members (excludes halogenated alkanes) is 1. The van der Waals surface area contributed by atoms with Crippen LogP contribution in [0.15, 0.2) is 241 Å². The van der Waals surface area contributed by atoms with Gasteiger partial charge < -0.3 is 9.64 Å². The molecular weight excluding hydrogens is 765 g/mol. The Balaban J connectivity index is 1.06. The van der Waals surface area contributed by atoms with Crippen molar-refractivity contribution < 1.29 is 4.74 Å². The van der Waals surface area contributed by atoms with Crippen molar-refractivity contribution in [3.63, 3.8) is 0 Å². The van der Waals surface area contributed by atoms with Gasteiger partial charge in [-0.25, -0.2) is 4.99 Å². The molecule has 0 radical (unpaired) electrons. The number of hydrogen-bond donors (Lipinski definition) is 0. The number of methoxy groups -OCH3 is 1. The van der Waals surface area contributed by atoms with Gasteiger partial charge in [-0.05, 0) is 143 Å². The molecule has 0 amide bonds. The van der Waals surface area contributed by atoms with Crippen molar-refractivity contribution in [1.82, 2.24) is 0 Å². The standard InChI is InChI=1S/C60H52N2O/c1-5-17-46(18-6-2)50-36-39-57(40-37-50)62(56-28-16-26-49(35-38-56)53-33-31-47-22-9-11-24-51(47)42-53)59-30-14-13-29-58(59)54-27-15-21-45(41-54)20-8-7-19-44(3)61-60(63-4)55-34-32-48-23-10-12-25-52(48)43-55/h5-6,9-19,21-25,27-43H,1,7-8,20H2,2-4H3/b18-6-,44-19+,46-17+,61-60?. The van der Waals surface area contributed by atoms with E-state index in [9.17, 15) is 0 Å². The van der Waals surface area contributed by atoms with Crippen LogP contribution in [0, 0.1) is 0 Å². The van der Waals surface area contributed by atoms with E-state index in [0.717, 1.165) is 75.4 Å². The van der Waals surface area contributed by atoms with Crippen molar-refractivity contribution >= 4 is 50.0 Å². The van der Waals surface area contributed by atoms with Gasteiger partial charge >= 0.3 is 0 Å². The first-order valence-corrected chi connectivity index (χ1v) is 21.7.